The molecule has 8 heteroatoms. The molecule has 1 aliphatic carbocycles. The zero-order valence-corrected chi connectivity index (χ0v) is 16.8. The van der Waals surface area contributed by atoms with Crippen molar-refractivity contribution in [3.8, 4) is 5.75 Å². The van der Waals surface area contributed by atoms with E-state index in [4.69, 9.17) is 9.26 Å². The van der Waals surface area contributed by atoms with E-state index in [1.54, 1.807) is 29.2 Å². The van der Waals surface area contributed by atoms with Crippen LogP contribution in [0.2, 0.25) is 0 Å². The number of anilines is 1. The summed E-state index contributed by atoms with van der Waals surface area (Å²) in [5.41, 5.74) is 0.662. The molecule has 1 saturated carbocycles. The molecule has 1 aromatic carbocycles. The first-order valence-corrected chi connectivity index (χ1v) is 10.2. The number of nitrogens with zero attached hydrogens (tertiary/aromatic N) is 3. The van der Waals surface area contributed by atoms with Crippen molar-refractivity contribution in [1.29, 1.82) is 0 Å². The van der Waals surface area contributed by atoms with E-state index >= 15 is 0 Å². The van der Waals surface area contributed by atoms with Gasteiger partial charge in [-0.1, -0.05) is 19.0 Å². The molecule has 1 aliphatic heterocycles. The van der Waals surface area contributed by atoms with Crippen LogP contribution in [0.4, 0.5) is 5.69 Å². The molecule has 2 heterocycles. The van der Waals surface area contributed by atoms with Gasteiger partial charge in [0.15, 0.2) is 6.61 Å². The summed E-state index contributed by atoms with van der Waals surface area (Å²) in [7, 11) is 0. The topological polar surface area (TPSA) is 97.6 Å². The Balaban J connectivity index is 1.33. The molecule has 2 amide bonds. The number of hydrogen-bond donors (Lipinski definition) is 1. The molecular weight excluding hydrogens is 372 g/mol. The molecule has 8 nitrogen and oxygen atoms in total. The van der Waals surface area contributed by atoms with E-state index in [1.807, 2.05) is 13.8 Å². The molecule has 1 N–H and O–H groups in total. The van der Waals surface area contributed by atoms with Crippen LogP contribution in [0.15, 0.2) is 28.8 Å². The molecule has 1 atom stereocenters. The summed E-state index contributed by atoms with van der Waals surface area (Å²) in [5, 5.41) is 6.85. The molecule has 4 rings (SSSR count). The Labute approximate surface area is 169 Å². The number of ether oxygens (including phenoxy) is 1. The minimum absolute atomic E-state index is 0.0372. The highest BCUT2D eigenvalue weighted by molar-refractivity contribution is 5.97. The van der Waals surface area contributed by atoms with E-state index < -0.39 is 6.04 Å². The first kappa shape index (κ1) is 19.4. The summed E-state index contributed by atoms with van der Waals surface area (Å²) in [6.45, 7) is 4.79. The van der Waals surface area contributed by atoms with Gasteiger partial charge in [-0.15, -0.1) is 0 Å². The summed E-state index contributed by atoms with van der Waals surface area (Å²) < 4.78 is 10.9. The Morgan fingerprint density at radius 3 is 2.69 bits per heavy atom. The van der Waals surface area contributed by atoms with Crippen molar-refractivity contribution >= 4 is 17.5 Å². The molecular formula is C21H26N4O4. The van der Waals surface area contributed by atoms with Crippen LogP contribution in [0.1, 0.15) is 57.2 Å². The summed E-state index contributed by atoms with van der Waals surface area (Å²) in [6, 6.07) is 6.66. The highest BCUT2D eigenvalue weighted by Gasteiger charge is 2.35. The van der Waals surface area contributed by atoms with Crippen molar-refractivity contribution in [3.63, 3.8) is 0 Å². The smallest absolute Gasteiger partial charge is 0.247 e. The SMILES string of the molecule is CC(C)[C@H](C(=O)Nc1ccc(OCc2noc(C3CC3)n2)cc1)N1CCCC1=O. The Hall–Kier alpha value is -2.90. The Kier molecular flexibility index (Phi) is 5.51. The van der Waals surface area contributed by atoms with E-state index in [0.29, 0.717) is 42.0 Å². The average Bonchev–Trinajstić information content (AvgIpc) is 3.30. The standard InChI is InChI=1S/C21H26N4O4/c1-13(2)19(25-11-3-4-18(25)26)20(27)22-15-7-9-16(10-8-15)28-12-17-23-21(29-24-17)14-5-6-14/h7-10,13-14,19H,3-6,11-12H2,1-2H3,(H,22,27)/t19-/m1/s1. The van der Waals surface area contributed by atoms with Gasteiger partial charge in [-0.3, -0.25) is 9.59 Å². The van der Waals surface area contributed by atoms with Gasteiger partial charge in [0.05, 0.1) is 0 Å². The third-order valence-electron chi connectivity index (χ3n) is 5.25. The van der Waals surface area contributed by atoms with Gasteiger partial charge in [-0.2, -0.15) is 4.98 Å². The van der Waals surface area contributed by atoms with Gasteiger partial charge in [0.2, 0.25) is 23.5 Å². The van der Waals surface area contributed by atoms with Crippen LogP contribution in [0.5, 0.6) is 5.75 Å². The van der Waals surface area contributed by atoms with Gasteiger partial charge in [0, 0.05) is 24.6 Å². The number of benzene rings is 1. The van der Waals surface area contributed by atoms with Crippen LogP contribution in [0.3, 0.4) is 0 Å². The van der Waals surface area contributed by atoms with Gasteiger partial charge in [-0.05, 0) is 49.4 Å². The number of rotatable bonds is 8. The van der Waals surface area contributed by atoms with Crippen molar-refractivity contribution < 1.29 is 18.8 Å². The highest BCUT2D eigenvalue weighted by Crippen LogP contribution is 2.38. The van der Waals surface area contributed by atoms with Crippen LogP contribution in [-0.2, 0) is 16.2 Å². The van der Waals surface area contributed by atoms with Gasteiger partial charge in [0.1, 0.15) is 11.8 Å². The molecule has 0 spiro atoms. The lowest BCUT2D eigenvalue weighted by Gasteiger charge is -2.29. The summed E-state index contributed by atoms with van der Waals surface area (Å²) in [6.07, 6.45) is 3.55. The second kappa shape index (κ2) is 8.23. The van der Waals surface area contributed by atoms with E-state index in [2.05, 4.69) is 15.5 Å². The number of carbonyl (C=O) groups excluding carboxylic acids is 2. The van der Waals surface area contributed by atoms with E-state index in [-0.39, 0.29) is 24.3 Å². The molecule has 0 radical (unpaired) electrons. The van der Waals surface area contributed by atoms with Crippen LogP contribution < -0.4 is 10.1 Å². The fourth-order valence-corrected chi connectivity index (χ4v) is 3.59. The second-order valence-corrected chi connectivity index (χ2v) is 8.00. The first-order chi connectivity index (χ1) is 14.0. The summed E-state index contributed by atoms with van der Waals surface area (Å²) in [5.74, 6) is 2.21. The first-order valence-electron chi connectivity index (χ1n) is 10.2. The molecule has 1 aromatic heterocycles. The van der Waals surface area contributed by atoms with Crippen LogP contribution >= 0.6 is 0 Å². The Bertz CT molecular complexity index is 873. The molecule has 2 aromatic rings. The maximum atomic E-state index is 12.8. The Morgan fingerprint density at radius 2 is 2.07 bits per heavy atom. The quantitative estimate of drug-likeness (QED) is 0.734. The molecule has 0 bridgehead atoms. The van der Waals surface area contributed by atoms with Gasteiger partial charge < -0.3 is 19.5 Å². The lowest BCUT2D eigenvalue weighted by atomic mass is 10.0. The lowest BCUT2D eigenvalue weighted by Crippen LogP contribution is -2.47. The zero-order chi connectivity index (χ0) is 20.4. The predicted molar refractivity (Wildman–Crippen MR) is 105 cm³/mol. The highest BCUT2D eigenvalue weighted by atomic mass is 16.5. The third-order valence-corrected chi connectivity index (χ3v) is 5.25. The lowest BCUT2D eigenvalue weighted by molar-refractivity contribution is -0.136. The number of amides is 2. The van der Waals surface area contributed by atoms with Gasteiger partial charge >= 0.3 is 0 Å². The average molecular weight is 398 g/mol. The summed E-state index contributed by atoms with van der Waals surface area (Å²) in [4.78, 5) is 30.9. The third kappa shape index (κ3) is 4.58. The van der Waals surface area contributed by atoms with E-state index in [9.17, 15) is 9.59 Å². The monoisotopic (exact) mass is 398 g/mol. The van der Waals surface area contributed by atoms with Crippen molar-refractivity contribution in [2.75, 3.05) is 11.9 Å². The van der Waals surface area contributed by atoms with E-state index in [1.165, 1.54) is 0 Å². The number of aromatic nitrogens is 2. The fourth-order valence-electron chi connectivity index (χ4n) is 3.59. The van der Waals surface area contributed by atoms with Gasteiger partial charge in [-0.25, -0.2) is 0 Å². The minimum Gasteiger partial charge on any atom is -0.485 e. The molecule has 2 fully saturated rings. The van der Waals surface area contributed by atoms with Crippen molar-refractivity contribution in [1.82, 2.24) is 15.0 Å². The Morgan fingerprint density at radius 1 is 1.31 bits per heavy atom. The zero-order valence-electron chi connectivity index (χ0n) is 16.8. The van der Waals surface area contributed by atoms with Crippen molar-refractivity contribution in [3.05, 3.63) is 36.0 Å². The fraction of sp³-hybridized carbons (Fsp3) is 0.524. The molecule has 29 heavy (non-hydrogen) atoms. The molecule has 154 valence electrons. The maximum Gasteiger partial charge on any atom is 0.247 e. The molecule has 0 unspecified atom stereocenters. The van der Waals surface area contributed by atoms with Crippen molar-refractivity contribution in [2.45, 2.75) is 58.1 Å². The predicted octanol–water partition coefficient (Wildman–Crippen LogP) is 3.11. The van der Waals surface area contributed by atoms with Crippen molar-refractivity contribution in [2.24, 2.45) is 5.92 Å². The largest absolute Gasteiger partial charge is 0.485 e. The van der Waals surface area contributed by atoms with Crippen LogP contribution in [0.25, 0.3) is 0 Å². The number of hydrogen-bond acceptors (Lipinski definition) is 6. The number of carbonyl (C=O) groups is 2. The normalized spacial score (nSPS) is 17.6. The van der Waals surface area contributed by atoms with Crippen LogP contribution in [-0.4, -0.2) is 39.4 Å². The van der Waals surface area contributed by atoms with Crippen LogP contribution in [0, 0.1) is 5.92 Å². The second-order valence-electron chi connectivity index (χ2n) is 8.00. The minimum atomic E-state index is -0.458. The molecule has 2 aliphatic rings. The molecule has 1 saturated heterocycles. The van der Waals surface area contributed by atoms with Gasteiger partial charge in [0.25, 0.3) is 0 Å². The van der Waals surface area contributed by atoms with E-state index in [0.717, 1.165) is 19.3 Å². The maximum absolute atomic E-state index is 12.8. The number of likely N-dealkylation sites (tertiary alicyclic amines) is 1. The summed E-state index contributed by atoms with van der Waals surface area (Å²) >= 11 is 0. The number of nitrogens with one attached hydrogen (secondary N) is 1.